The summed E-state index contributed by atoms with van der Waals surface area (Å²) in [5.41, 5.74) is 2.44. The van der Waals surface area contributed by atoms with Crippen LogP contribution in [0.25, 0.3) is 11.1 Å². The molecule has 3 aromatic rings. The van der Waals surface area contributed by atoms with E-state index in [-0.39, 0.29) is 5.91 Å². The fourth-order valence-electron chi connectivity index (χ4n) is 1.76. The van der Waals surface area contributed by atoms with Crippen LogP contribution in [-0.4, -0.2) is 20.9 Å². The summed E-state index contributed by atoms with van der Waals surface area (Å²) >= 11 is 1.59. The minimum Gasteiger partial charge on any atom is -0.472 e. The van der Waals surface area contributed by atoms with E-state index < -0.39 is 0 Å². The van der Waals surface area contributed by atoms with E-state index >= 15 is 0 Å². The van der Waals surface area contributed by atoms with Crippen molar-refractivity contribution in [2.45, 2.75) is 6.54 Å². The van der Waals surface area contributed by atoms with Crippen molar-refractivity contribution in [2.75, 3.05) is 0 Å². The van der Waals surface area contributed by atoms with Gasteiger partial charge in [-0.1, -0.05) is 5.21 Å². The molecule has 0 aliphatic heterocycles. The molecule has 3 heterocycles. The van der Waals surface area contributed by atoms with E-state index in [0.29, 0.717) is 12.2 Å². The van der Waals surface area contributed by atoms with Gasteiger partial charge in [0, 0.05) is 17.5 Å². The Bertz CT molecular complexity index is 714. The Morgan fingerprint density at radius 2 is 2.40 bits per heavy atom. The number of nitrogens with zero attached hydrogens (tertiary/aromatic N) is 3. The zero-order valence-electron chi connectivity index (χ0n) is 10.7. The quantitative estimate of drug-likeness (QED) is 0.797. The molecule has 0 unspecified atom stereocenters. The number of aryl methyl sites for hydroxylation is 1. The van der Waals surface area contributed by atoms with Crippen LogP contribution in [0.4, 0.5) is 0 Å². The number of thiophene rings is 1. The fourth-order valence-corrected chi connectivity index (χ4v) is 2.60. The van der Waals surface area contributed by atoms with Gasteiger partial charge in [0.05, 0.1) is 25.3 Å². The second-order valence-electron chi connectivity index (χ2n) is 4.27. The second-order valence-corrected chi connectivity index (χ2v) is 5.27. The van der Waals surface area contributed by atoms with Crippen molar-refractivity contribution in [1.82, 2.24) is 20.3 Å². The fraction of sp³-hybridized carbons (Fsp3) is 0.154. The van der Waals surface area contributed by atoms with Crippen molar-refractivity contribution in [3.8, 4) is 11.1 Å². The third kappa shape index (κ3) is 2.62. The summed E-state index contributed by atoms with van der Waals surface area (Å²) in [6.07, 6.45) is 4.92. The highest BCUT2D eigenvalue weighted by Crippen LogP contribution is 2.25. The number of rotatable bonds is 4. The number of hydrogen-bond acceptors (Lipinski definition) is 5. The number of amides is 1. The second kappa shape index (κ2) is 5.30. The first kappa shape index (κ1) is 12.6. The van der Waals surface area contributed by atoms with Crippen molar-refractivity contribution in [3.63, 3.8) is 0 Å². The molecule has 0 atom stereocenters. The molecule has 0 aliphatic carbocycles. The maximum Gasteiger partial charge on any atom is 0.273 e. The van der Waals surface area contributed by atoms with E-state index in [0.717, 1.165) is 16.0 Å². The van der Waals surface area contributed by atoms with Crippen molar-refractivity contribution in [3.05, 3.63) is 46.8 Å². The van der Waals surface area contributed by atoms with Gasteiger partial charge in [-0.25, -0.2) is 0 Å². The van der Waals surface area contributed by atoms with Crippen LogP contribution in [0.3, 0.4) is 0 Å². The van der Waals surface area contributed by atoms with Crippen molar-refractivity contribution in [2.24, 2.45) is 7.05 Å². The molecule has 102 valence electrons. The summed E-state index contributed by atoms with van der Waals surface area (Å²) in [4.78, 5) is 12.9. The molecule has 0 saturated heterocycles. The molecule has 0 saturated carbocycles. The van der Waals surface area contributed by atoms with Crippen LogP contribution in [0.15, 0.2) is 40.7 Å². The Labute approximate surface area is 119 Å². The number of aromatic nitrogens is 3. The number of hydrogen-bond donors (Lipinski definition) is 1. The SMILES string of the molecule is Cn1cc(C(=O)NCc2cc(-c3ccoc3)cs2)nn1. The summed E-state index contributed by atoms with van der Waals surface area (Å²) in [7, 11) is 1.72. The summed E-state index contributed by atoms with van der Waals surface area (Å²) in [5, 5.41) is 12.4. The summed E-state index contributed by atoms with van der Waals surface area (Å²) in [6.45, 7) is 0.470. The van der Waals surface area contributed by atoms with Crippen LogP contribution in [0.5, 0.6) is 0 Å². The van der Waals surface area contributed by atoms with E-state index in [1.807, 2.05) is 17.5 Å². The van der Waals surface area contributed by atoms with Crippen molar-refractivity contribution >= 4 is 17.2 Å². The van der Waals surface area contributed by atoms with Crippen LogP contribution in [-0.2, 0) is 13.6 Å². The highest BCUT2D eigenvalue weighted by atomic mass is 32.1. The van der Waals surface area contributed by atoms with Crippen molar-refractivity contribution in [1.29, 1.82) is 0 Å². The molecule has 20 heavy (non-hydrogen) atoms. The minimum atomic E-state index is -0.226. The van der Waals surface area contributed by atoms with E-state index in [1.54, 1.807) is 37.1 Å². The first-order valence-corrected chi connectivity index (χ1v) is 6.85. The van der Waals surface area contributed by atoms with E-state index in [2.05, 4.69) is 15.6 Å². The molecule has 0 bridgehead atoms. The third-order valence-corrected chi connectivity index (χ3v) is 3.70. The highest BCUT2D eigenvalue weighted by Gasteiger charge is 2.10. The average molecular weight is 288 g/mol. The lowest BCUT2D eigenvalue weighted by molar-refractivity contribution is 0.0946. The molecule has 3 rings (SSSR count). The van der Waals surface area contributed by atoms with Gasteiger partial charge in [0.1, 0.15) is 0 Å². The van der Waals surface area contributed by atoms with Crippen molar-refractivity contribution < 1.29 is 9.21 Å². The van der Waals surface area contributed by atoms with Crippen LogP contribution < -0.4 is 5.32 Å². The number of carbonyl (C=O) groups excluding carboxylic acids is 1. The van der Waals surface area contributed by atoms with E-state index in [4.69, 9.17) is 4.42 Å². The molecule has 0 fully saturated rings. The Morgan fingerprint density at radius 1 is 1.50 bits per heavy atom. The first-order valence-electron chi connectivity index (χ1n) is 5.97. The molecule has 7 heteroatoms. The number of furan rings is 1. The third-order valence-electron chi connectivity index (χ3n) is 2.77. The number of nitrogens with one attached hydrogen (secondary N) is 1. The molecule has 0 aliphatic rings. The van der Waals surface area contributed by atoms with Gasteiger partial charge in [-0.2, -0.15) is 0 Å². The predicted molar refractivity (Wildman–Crippen MR) is 74.2 cm³/mol. The average Bonchev–Trinajstić information content (AvgIpc) is 3.16. The molecule has 6 nitrogen and oxygen atoms in total. The molecular weight excluding hydrogens is 276 g/mol. The van der Waals surface area contributed by atoms with E-state index in [1.165, 1.54) is 4.68 Å². The largest absolute Gasteiger partial charge is 0.472 e. The van der Waals surface area contributed by atoms with E-state index in [9.17, 15) is 4.79 Å². The smallest absolute Gasteiger partial charge is 0.273 e. The van der Waals surface area contributed by atoms with Crippen LogP contribution in [0, 0.1) is 0 Å². The van der Waals surface area contributed by atoms with Gasteiger partial charge in [0.25, 0.3) is 5.91 Å². The van der Waals surface area contributed by atoms with Gasteiger partial charge < -0.3 is 9.73 Å². The molecule has 0 spiro atoms. The molecule has 0 aromatic carbocycles. The lowest BCUT2D eigenvalue weighted by Gasteiger charge is -1.99. The van der Waals surface area contributed by atoms with Crippen LogP contribution in [0.1, 0.15) is 15.4 Å². The molecule has 3 aromatic heterocycles. The van der Waals surface area contributed by atoms with Gasteiger partial charge in [-0.15, -0.1) is 16.4 Å². The van der Waals surface area contributed by atoms with Gasteiger partial charge in [0.15, 0.2) is 5.69 Å². The molecule has 1 amide bonds. The zero-order chi connectivity index (χ0) is 13.9. The highest BCUT2D eigenvalue weighted by molar-refractivity contribution is 7.10. The van der Waals surface area contributed by atoms with Crippen LogP contribution >= 0.6 is 11.3 Å². The van der Waals surface area contributed by atoms with Gasteiger partial charge >= 0.3 is 0 Å². The Morgan fingerprint density at radius 3 is 3.10 bits per heavy atom. The summed E-state index contributed by atoms with van der Waals surface area (Å²) < 4.78 is 6.55. The monoisotopic (exact) mass is 288 g/mol. The molecular formula is C13H12N4O2S. The summed E-state index contributed by atoms with van der Waals surface area (Å²) in [5.74, 6) is -0.226. The van der Waals surface area contributed by atoms with Gasteiger partial charge in [-0.3, -0.25) is 9.48 Å². The lowest BCUT2D eigenvalue weighted by Crippen LogP contribution is -2.22. The zero-order valence-corrected chi connectivity index (χ0v) is 11.6. The first-order chi connectivity index (χ1) is 9.72. The summed E-state index contributed by atoms with van der Waals surface area (Å²) in [6, 6.07) is 3.94. The molecule has 1 N–H and O–H groups in total. The Balaban J connectivity index is 1.63. The molecule has 0 radical (unpaired) electrons. The Hall–Kier alpha value is -2.41. The van der Waals surface area contributed by atoms with Crippen LogP contribution in [0.2, 0.25) is 0 Å². The standard InChI is InChI=1S/C13H12N4O2S/c1-17-6-12(15-16-17)13(18)14-5-11-4-10(8-20-11)9-2-3-19-7-9/h2-4,6-8H,5H2,1H3,(H,14,18). The lowest BCUT2D eigenvalue weighted by atomic mass is 10.2. The maximum absolute atomic E-state index is 11.8. The topological polar surface area (TPSA) is 73.0 Å². The normalized spacial score (nSPS) is 10.7. The maximum atomic E-state index is 11.8. The minimum absolute atomic E-state index is 0.226. The van der Waals surface area contributed by atoms with Gasteiger partial charge in [-0.05, 0) is 23.1 Å². The Kier molecular flexibility index (Phi) is 3.34. The predicted octanol–water partition coefficient (Wildman–Crippen LogP) is 2.07. The number of carbonyl (C=O) groups is 1. The van der Waals surface area contributed by atoms with Gasteiger partial charge in [0.2, 0.25) is 0 Å².